The highest BCUT2D eigenvalue weighted by molar-refractivity contribution is 5.42. The van der Waals surface area contributed by atoms with Gasteiger partial charge in [0.05, 0.1) is 12.7 Å². The molecule has 0 radical (unpaired) electrons. The van der Waals surface area contributed by atoms with E-state index in [0.29, 0.717) is 11.8 Å². The first-order chi connectivity index (χ1) is 7.75. The number of ether oxygens (including phenoxy) is 1. The molecule has 0 saturated carbocycles. The highest BCUT2D eigenvalue weighted by Crippen LogP contribution is 2.32. The van der Waals surface area contributed by atoms with E-state index in [9.17, 15) is 5.11 Å². The van der Waals surface area contributed by atoms with Gasteiger partial charge in [0.15, 0.2) is 0 Å². The Kier molecular flexibility index (Phi) is 2.37. The number of phenolic OH excluding ortho intramolecular Hbond substituents is 1. The number of hydrogen-bond acceptors (Lipinski definition) is 3. The van der Waals surface area contributed by atoms with Crippen molar-refractivity contribution in [1.29, 1.82) is 0 Å². The largest absolute Gasteiger partial charge is 0.508 e. The standard InChI is InChI=1S/C13H17NO2/c1-14-5-6-16-13-8-10-9(7-11(13)14)3-2-4-12(10)15/h2-4,11,13,15H,5-8H2,1H3/t11?,13-/m1/s1. The Morgan fingerprint density at radius 1 is 1.38 bits per heavy atom. The van der Waals surface area contributed by atoms with Crippen molar-refractivity contribution in [3.05, 3.63) is 29.3 Å². The van der Waals surface area contributed by atoms with Crippen LogP contribution in [-0.2, 0) is 17.6 Å². The van der Waals surface area contributed by atoms with Gasteiger partial charge in [-0.2, -0.15) is 0 Å². The van der Waals surface area contributed by atoms with Crippen LogP contribution in [0.5, 0.6) is 5.75 Å². The van der Waals surface area contributed by atoms with Gasteiger partial charge in [-0.3, -0.25) is 4.90 Å². The van der Waals surface area contributed by atoms with Crippen LogP contribution >= 0.6 is 0 Å². The van der Waals surface area contributed by atoms with Crippen LogP contribution in [0.25, 0.3) is 0 Å². The normalized spacial score (nSPS) is 29.6. The van der Waals surface area contributed by atoms with E-state index >= 15 is 0 Å². The highest BCUT2D eigenvalue weighted by atomic mass is 16.5. The SMILES string of the molecule is CN1CCO[C@@H]2Cc3c(O)cccc3CC21. The Hall–Kier alpha value is -1.06. The summed E-state index contributed by atoms with van der Waals surface area (Å²) in [4.78, 5) is 2.38. The van der Waals surface area contributed by atoms with Gasteiger partial charge in [-0.1, -0.05) is 12.1 Å². The van der Waals surface area contributed by atoms with Gasteiger partial charge in [-0.15, -0.1) is 0 Å². The second-order valence-electron chi connectivity index (χ2n) is 4.78. The zero-order valence-corrected chi connectivity index (χ0v) is 9.52. The minimum Gasteiger partial charge on any atom is -0.508 e. The smallest absolute Gasteiger partial charge is 0.119 e. The molecule has 3 nitrogen and oxygen atoms in total. The third-order valence-corrected chi connectivity index (χ3v) is 3.85. The molecule has 1 aliphatic carbocycles. The molecule has 1 aromatic carbocycles. The Morgan fingerprint density at radius 2 is 2.25 bits per heavy atom. The minimum absolute atomic E-state index is 0.250. The minimum atomic E-state index is 0.250. The zero-order chi connectivity index (χ0) is 11.1. The average molecular weight is 219 g/mol. The number of rotatable bonds is 0. The Labute approximate surface area is 95.6 Å². The second-order valence-corrected chi connectivity index (χ2v) is 4.78. The van der Waals surface area contributed by atoms with E-state index in [1.165, 1.54) is 5.56 Å². The van der Waals surface area contributed by atoms with Crippen LogP contribution in [0.4, 0.5) is 0 Å². The lowest BCUT2D eigenvalue weighted by Gasteiger charge is -2.42. The highest BCUT2D eigenvalue weighted by Gasteiger charge is 2.35. The fourth-order valence-corrected chi connectivity index (χ4v) is 2.87. The molecule has 1 aliphatic heterocycles. The van der Waals surface area contributed by atoms with Gasteiger partial charge in [0, 0.05) is 19.0 Å². The van der Waals surface area contributed by atoms with Gasteiger partial charge in [-0.05, 0) is 30.7 Å². The lowest BCUT2D eigenvalue weighted by atomic mass is 9.84. The van der Waals surface area contributed by atoms with Crippen LogP contribution in [-0.4, -0.2) is 42.4 Å². The van der Waals surface area contributed by atoms with Gasteiger partial charge in [-0.25, -0.2) is 0 Å². The molecule has 1 N–H and O–H groups in total. The second kappa shape index (κ2) is 3.75. The number of phenols is 1. The van der Waals surface area contributed by atoms with Gasteiger partial charge in [0.25, 0.3) is 0 Å². The molecule has 0 spiro atoms. The van der Waals surface area contributed by atoms with Gasteiger partial charge in [0.1, 0.15) is 5.75 Å². The monoisotopic (exact) mass is 219 g/mol. The molecule has 86 valence electrons. The molecule has 3 heteroatoms. The van der Waals surface area contributed by atoms with E-state index < -0.39 is 0 Å². The molecule has 0 aromatic heterocycles. The van der Waals surface area contributed by atoms with Crippen LogP contribution in [0, 0.1) is 0 Å². The molecule has 1 aromatic rings. The summed E-state index contributed by atoms with van der Waals surface area (Å²) in [5, 5.41) is 9.84. The first-order valence-corrected chi connectivity index (χ1v) is 5.87. The maximum absolute atomic E-state index is 9.84. The summed E-state index contributed by atoms with van der Waals surface area (Å²) in [6.07, 6.45) is 2.08. The van der Waals surface area contributed by atoms with Crippen LogP contribution in [0.3, 0.4) is 0 Å². The van der Waals surface area contributed by atoms with E-state index in [2.05, 4.69) is 18.0 Å². The van der Waals surface area contributed by atoms with E-state index in [1.807, 2.05) is 6.07 Å². The zero-order valence-electron chi connectivity index (χ0n) is 9.52. The lowest BCUT2D eigenvalue weighted by Crippen LogP contribution is -2.53. The number of morpholine rings is 1. The summed E-state index contributed by atoms with van der Waals surface area (Å²) in [5.41, 5.74) is 2.36. The van der Waals surface area contributed by atoms with E-state index in [4.69, 9.17) is 4.74 Å². The first-order valence-electron chi connectivity index (χ1n) is 5.87. The summed E-state index contributed by atoms with van der Waals surface area (Å²) in [6.45, 7) is 1.82. The van der Waals surface area contributed by atoms with Crippen LogP contribution in [0.2, 0.25) is 0 Å². The Morgan fingerprint density at radius 3 is 3.12 bits per heavy atom. The maximum Gasteiger partial charge on any atom is 0.119 e. The van der Waals surface area contributed by atoms with Crippen molar-refractivity contribution in [1.82, 2.24) is 4.90 Å². The number of nitrogens with zero attached hydrogens (tertiary/aromatic N) is 1. The summed E-state index contributed by atoms with van der Waals surface area (Å²) in [7, 11) is 2.16. The Bertz CT molecular complexity index is 405. The molecule has 16 heavy (non-hydrogen) atoms. The van der Waals surface area contributed by atoms with Crippen molar-refractivity contribution in [2.75, 3.05) is 20.2 Å². The molecule has 2 atom stereocenters. The summed E-state index contributed by atoms with van der Waals surface area (Å²) >= 11 is 0. The summed E-state index contributed by atoms with van der Waals surface area (Å²) in [6, 6.07) is 6.29. The molecule has 1 saturated heterocycles. The summed E-state index contributed by atoms with van der Waals surface area (Å²) in [5.74, 6) is 0.424. The summed E-state index contributed by atoms with van der Waals surface area (Å²) < 4.78 is 5.81. The van der Waals surface area contributed by atoms with Crippen molar-refractivity contribution < 1.29 is 9.84 Å². The first kappa shape index (κ1) is 10.1. The van der Waals surface area contributed by atoms with Crippen molar-refractivity contribution >= 4 is 0 Å². The van der Waals surface area contributed by atoms with Gasteiger partial charge in [0.2, 0.25) is 0 Å². The number of likely N-dealkylation sites (N-methyl/N-ethyl adjacent to an activating group) is 1. The molecule has 2 aliphatic rings. The molecule has 1 unspecified atom stereocenters. The fraction of sp³-hybridized carbons (Fsp3) is 0.538. The van der Waals surface area contributed by atoms with Crippen molar-refractivity contribution in [3.8, 4) is 5.75 Å². The number of aromatic hydroxyl groups is 1. The molecule has 3 rings (SSSR count). The third kappa shape index (κ3) is 1.51. The molecular weight excluding hydrogens is 202 g/mol. The topological polar surface area (TPSA) is 32.7 Å². The van der Waals surface area contributed by atoms with Gasteiger partial charge < -0.3 is 9.84 Å². The molecule has 1 heterocycles. The number of hydrogen-bond donors (Lipinski definition) is 1. The van der Waals surface area contributed by atoms with Crippen molar-refractivity contribution in [2.24, 2.45) is 0 Å². The maximum atomic E-state index is 9.84. The van der Waals surface area contributed by atoms with Crippen LogP contribution in [0.1, 0.15) is 11.1 Å². The number of benzene rings is 1. The Balaban J connectivity index is 1.96. The van der Waals surface area contributed by atoms with E-state index in [0.717, 1.165) is 31.6 Å². The van der Waals surface area contributed by atoms with Crippen LogP contribution in [0.15, 0.2) is 18.2 Å². The number of fused-ring (bicyclic) bond motifs is 2. The third-order valence-electron chi connectivity index (χ3n) is 3.85. The van der Waals surface area contributed by atoms with Crippen molar-refractivity contribution in [2.45, 2.75) is 25.0 Å². The average Bonchev–Trinajstić information content (AvgIpc) is 2.29. The van der Waals surface area contributed by atoms with Crippen LogP contribution < -0.4 is 0 Å². The van der Waals surface area contributed by atoms with E-state index in [-0.39, 0.29) is 6.10 Å². The quantitative estimate of drug-likeness (QED) is 0.711. The van der Waals surface area contributed by atoms with Gasteiger partial charge >= 0.3 is 0 Å². The molecule has 0 amide bonds. The lowest BCUT2D eigenvalue weighted by molar-refractivity contribution is -0.0646. The fourth-order valence-electron chi connectivity index (χ4n) is 2.87. The predicted octanol–water partition coefficient (Wildman–Crippen LogP) is 1.19. The predicted molar refractivity (Wildman–Crippen MR) is 61.7 cm³/mol. The van der Waals surface area contributed by atoms with E-state index in [1.54, 1.807) is 6.07 Å². The molecule has 0 bridgehead atoms. The molecule has 1 fully saturated rings. The van der Waals surface area contributed by atoms with Crippen molar-refractivity contribution in [3.63, 3.8) is 0 Å². The molecular formula is C13H17NO2.